The Labute approximate surface area is 365 Å². The number of nitrogens with zero attached hydrogens (tertiary/aromatic N) is 3. The fourth-order valence-electron chi connectivity index (χ4n) is 9.95. The van der Waals surface area contributed by atoms with Gasteiger partial charge in [-0.2, -0.15) is 0 Å². The zero-order valence-electron chi connectivity index (χ0n) is 35.1. The molecular weight excluding hydrogens is 751 g/mol. The molecule has 0 spiro atoms. The third-order valence-corrected chi connectivity index (χ3v) is 12.9. The molecule has 3 heteroatoms. The summed E-state index contributed by atoms with van der Waals surface area (Å²) in [5.74, 6) is 0. The van der Waals surface area contributed by atoms with Gasteiger partial charge in [-0.3, -0.25) is 0 Å². The molecule has 0 amide bonds. The van der Waals surface area contributed by atoms with Crippen LogP contribution in [-0.2, 0) is 18.5 Å². The SMILES string of the molecule is CC1(C)c2ccccc2-c2c1ccc(N(c1ccc(N(c3ccccc3)c3ccccc3)cc1)c1cccc(-c3ccccc3)c1)c2-c1cccc2c1CN(c1ccccc1)C2. The molecule has 11 rings (SSSR count). The van der Waals surface area contributed by atoms with Gasteiger partial charge in [0, 0.05) is 58.2 Å². The summed E-state index contributed by atoms with van der Waals surface area (Å²) in [4.78, 5) is 7.34. The summed E-state index contributed by atoms with van der Waals surface area (Å²) in [6.45, 7) is 6.50. The Balaban J connectivity index is 1.15. The van der Waals surface area contributed by atoms with Crippen LogP contribution in [0.25, 0.3) is 33.4 Å². The average Bonchev–Trinajstić information content (AvgIpc) is 3.88. The number of fused-ring (bicyclic) bond motifs is 4. The van der Waals surface area contributed by atoms with Gasteiger partial charge < -0.3 is 14.7 Å². The van der Waals surface area contributed by atoms with Gasteiger partial charge in [-0.15, -0.1) is 0 Å². The zero-order valence-corrected chi connectivity index (χ0v) is 35.1. The summed E-state index contributed by atoms with van der Waals surface area (Å²) >= 11 is 0. The Bertz CT molecular complexity index is 2990. The normalized spacial score (nSPS) is 13.3. The highest BCUT2D eigenvalue weighted by atomic mass is 15.2. The highest BCUT2D eigenvalue weighted by Crippen LogP contribution is 2.57. The quantitative estimate of drug-likeness (QED) is 0.144. The van der Waals surface area contributed by atoms with E-state index in [1.54, 1.807) is 0 Å². The number of hydrogen-bond acceptors (Lipinski definition) is 3. The van der Waals surface area contributed by atoms with Crippen LogP contribution in [-0.4, -0.2) is 0 Å². The molecule has 0 fully saturated rings. The van der Waals surface area contributed by atoms with E-state index in [2.05, 4.69) is 253 Å². The maximum atomic E-state index is 2.51. The standard InChI is InChI=1S/C59H47N3/c1-59(2)54-32-16-15-30-52(54)57-55(59)37-38-56(58(57)51-31-18-22-44-40-60(41-53(44)51)45-23-9-4-10-24-45)62(50-29-17-21-43(39-50)42-19-7-3-8-20-42)49-35-33-48(34-36-49)61(46-25-11-5-12-26-46)47-27-13-6-14-28-47/h3-39H,40-41H2,1-2H3. The highest BCUT2D eigenvalue weighted by molar-refractivity contribution is 6.02. The van der Waals surface area contributed by atoms with Crippen molar-refractivity contribution in [3.63, 3.8) is 0 Å². The highest BCUT2D eigenvalue weighted by Gasteiger charge is 2.39. The summed E-state index contributed by atoms with van der Waals surface area (Å²) in [6.07, 6.45) is 0. The van der Waals surface area contributed by atoms with E-state index >= 15 is 0 Å². The fraction of sp³-hybridized carbons (Fsp3) is 0.0847. The first-order valence-electron chi connectivity index (χ1n) is 21.7. The van der Waals surface area contributed by atoms with Crippen molar-refractivity contribution in [2.45, 2.75) is 32.4 Å². The van der Waals surface area contributed by atoms with Gasteiger partial charge in [0.15, 0.2) is 0 Å². The Morgan fingerprint density at radius 2 is 0.919 bits per heavy atom. The molecule has 1 aliphatic heterocycles. The van der Waals surface area contributed by atoms with E-state index in [-0.39, 0.29) is 5.41 Å². The lowest BCUT2D eigenvalue weighted by Crippen LogP contribution is -2.17. The largest absolute Gasteiger partial charge is 0.363 e. The number of hydrogen-bond donors (Lipinski definition) is 0. The minimum absolute atomic E-state index is 0.161. The van der Waals surface area contributed by atoms with Crippen LogP contribution in [0.3, 0.4) is 0 Å². The molecule has 0 unspecified atom stereocenters. The molecule has 2 aliphatic rings. The van der Waals surface area contributed by atoms with Crippen molar-refractivity contribution in [2.24, 2.45) is 0 Å². The van der Waals surface area contributed by atoms with E-state index < -0.39 is 0 Å². The molecular formula is C59H47N3. The predicted octanol–water partition coefficient (Wildman–Crippen LogP) is 15.8. The van der Waals surface area contributed by atoms with Crippen molar-refractivity contribution < 1.29 is 0 Å². The number of para-hydroxylation sites is 3. The van der Waals surface area contributed by atoms with Gasteiger partial charge in [-0.1, -0.05) is 159 Å². The van der Waals surface area contributed by atoms with Crippen LogP contribution in [0.1, 0.15) is 36.1 Å². The lowest BCUT2D eigenvalue weighted by Gasteiger charge is -2.32. The lowest BCUT2D eigenvalue weighted by molar-refractivity contribution is 0.660. The molecule has 1 aliphatic carbocycles. The van der Waals surface area contributed by atoms with E-state index in [0.29, 0.717) is 0 Å². The molecule has 9 aromatic rings. The Hall–Kier alpha value is -7.62. The number of rotatable bonds is 9. The van der Waals surface area contributed by atoms with E-state index in [4.69, 9.17) is 0 Å². The minimum atomic E-state index is -0.161. The van der Waals surface area contributed by atoms with Crippen LogP contribution in [0.4, 0.5) is 39.8 Å². The molecule has 0 atom stereocenters. The van der Waals surface area contributed by atoms with Crippen molar-refractivity contribution in [3.8, 4) is 33.4 Å². The van der Waals surface area contributed by atoms with Gasteiger partial charge in [-0.05, 0) is 129 Å². The van der Waals surface area contributed by atoms with E-state index in [0.717, 1.165) is 47.2 Å². The van der Waals surface area contributed by atoms with Crippen molar-refractivity contribution in [3.05, 3.63) is 247 Å². The van der Waals surface area contributed by atoms with Gasteiger partial charge in [0.1, 0.15) is 0 Å². The molecule has 0 saturated carbocycles. The van der Waals surface area contributed by atoms with Crippen LogP contribution in [0, 0.1) is 0 Å². The van der Waals surface area contributed by atoms with Crippen LogP contribution in [0.2, 0.25) is 0 Å². The molecule has 0 saturated heterocycles. The third kappa shape index (κ3) is 6.45. The van der Waals surface area contributed by atoms with Crippen molar-refractivity contribution in [2.75, 3.05) is 14.7 Å². The summed E-state index contributed by atoms with van der Waals surface area (Å²) in [7, 11) is 0. The first kappa shape index (κ1) is 37.4. The second-order valence-corrected chi connectivity index (χ2v) is 17.0. The molecule has 0 radical (unpaired) electrons. The Morgan fingerprint density at radius 1 is 0.387 bits per heavy atom. The summed E-state index contributed by atoms with van der Waals surface area (Å²) in [5, 5.41) is 0. The first-order valence-corrected chi connectivity index (χ1v) is 21.7. The average molecular weight is 798 g/mol. The molecule has 62 heavy (non-hydrogen) atoms. The van der Waals surface area contributed by atoms with E-state index in [9.17, 15) is 0 Å². The summed E-state index contributed by atoms with van der Waals surface area (Å²) in [6, 6.07) is 81.9. The third-order valence-electron chi connectivity index (χ3n) is 12.9. The molecule has 0 N–H and O–H groups in total. The maximum Gasteiger partial charge on any atom is 0.0546 e. The molecule has 0 bridgehead atoms. The molecule has 0 aromatic heterocycles. The topological polar surface area (TPSA) is 9.72 Å². The lowest BCUT2D eigenvalue weighted by atomic mass is 9.81. The Kier molecular flexibility index (Phi) is 9.31. The van der Waals surface area contributed by atoms with E-state index in [1.807, 2.05) is 0 Å². The van der Waals surface area contributed by atoms with Crippen LogP contribution >= 0.6 is 0 Å². The summed E-state index contributed by atoms with van der Waals surface area (Å²) in [5.41, 5.74) is 20.8. The van der Waals surface area contributed by atoms with Crippen molar-refractivity contribution in [1.29, 1.82) is 0 Å². The van der Waals surface area contributed by atoms with Gasteiger partial charge in [0.2, 0.25) is 0 Å². The first-order chi connectivity index (χ1) is 30.5. The minimum Gasteiger partial charge on any atom is -0.363 e. The molecule has 9 aromatic carbocycles. The smallest absolute Gasteiger partial charge is 0.0546 e. The predicted molar refractivity (Wildman–Crippen MR) is 261 cm³/mol. The van der Waals surface area contributed by atoms with Crippen LogP contribution in [0.5, 0.6) is 0 Å². The summed E-state index contributed by atoms with van der Waals surface area (Å²) < 4.78 is 0. The van der Waals surface area contributed by atoms with Gasteiger partial charge in [-0.25, -0.2) is 0 Å². The van der Waals surface area contributed by atoms with Crippen LogP contribution < -0.4 is 14.7 Å². The van der Waals surface area contributed by atoms with Crippen molar-refractivity contribution in [1.82, 2.24) is 0 Å². The van der Waals surface area contributed by atoms with Gasteiger partial charge >= 0.3 is 0 Å². The molecule has 3 nitrogen and oxygen atoms in total. The van der Waals surface area contributed by atoms with Crippen LogP contribution in [0.15, 0.2) is 224 Å². The number of anilines is 7. The zero-order chi connectivity index (χ0) is 41.6. The molecule has 298 valence electrons. The second-order valence-electron chi connectivity index (χ2n) is 17.0. The second kappa shape index (κ2) is 15.4. The molecule has 1 heterocycles. The van der Waals surface area contributed by atoms with E-state index in [1.165, 1.54) is 61.3 Å². The van der Waals surface area contributed by atoms with Gasteiger partial charge in [0.05, 0.1) is 5.69 Å². The monoisotopic (exact) mass is 797 g/mol. The van der Waals surface area contributed by atoms with Gasteiger partial charge in [0.25, 0.3) is 0 Å². The van der Waals surface area contributed by atoms with Crippen molar-refractivity contribution >= 4 is 39.8 Å². The Morgan fingerprint density at radius 3 is 1.61 bits per heavy atom. The number of benzene rings is 9. The fourth-order valence-corrected chi connectivity index (χ4v) is 9.95. The maximum absolute atomic E-state index is 2.51.